The van der Waals surface area contributed by atoms with E-state index in [1.165, 1.54) is 27.7 Å². The van der Waals surface area contributed by atoms with E-state index in [0.717, 1.165) is 0 Å². The molecule has 0 fully saturated rings. The van der Waals surface area contributed by atoms with Crippen molar-refractivity contribution in [3.63, 3.8) is 0 Å². The molecule has 0 rings (SSSR count). The van der Waals surface area contributed by atoms with Crippen molar-refractivity contribution in [2.24, 2.45) is 0 Å². The topological polar surface area (TPSA) is 36.9 Å². The Labute approximate surface area is 121 Å². The van der Waals surface area contributed by atoms with Gasteiger partial charge in [0.25, 0.3) is 0 Å². The fraction of sp³-hybridized carbons (Fsp3) is 1.00. The Morgan fingerprint density at radius 2 is 0.950 bits per heavy atom. The third kappa shape index (κ3) is 20.0. The predicted octanol–water partition coefficient (Wildman–Crippen LogP) is 4.18. The van der Waals surface area contributed by atoms with Crippen LogP contribution in [0.3, 0.4) is 0 Å². The van der Waals surface area contributed by atoms with Crippen LogP contribution >= 0.6 is 0 Å². The molecule has 0 unspecified atom stereocenters. The van der Waals surface area contributed by atoms with Crippen LogP contribution in [0.4, 0.5) is 8.78 Å². The van der Waals surface area contributed by atoms with E-state index in [1.807, 2.05) is 27.7 Å². The van der Waals surface area contributed by atoms with Crippen LogP contribution in [0, 0.1) is 0 Å². The van der Waals surface area contributed by atoms with E-state index in [9.17, 15) is 8.78 Å². The van der Waals surface area contributed by atoms with Crippen LogP contribution < -0.4 is 0 Å². The van der Waals surface area contributed by atoms with Crippen LogP contribution in [-0.4, -0.2) is 37.5 Å². The van der Waals surface area contributed by atoms with E-state index < -0.39 is 18.5 Å². The van der Waals surface area contributed by atoms with Gasteiger partial charge >= 0.3 is 6.29 Å². The molecule has 0 aromatic rings. The van der Waals surface area contributed by atoms with Gasteiger partial charge in [0.05, 0.1) is 24.4 Å². The highest BCUT2D eigenvalue weighted by molar-refractivity contribution is 4.44. The largest absolute Gasteiger partial charge is 0.485 e. The van der Waals surface area contributed by atoms with Gasteiger partial charge in [0.2, 0.25) is 0 Å². The summed E-state index contributed by atoms with van der Waals surface area (Å²) in [6, 6.07) is 0. The molecule has 6 heteroatoms. The molecule has 0 bridgehead atoms. The van der Waals surface area contributed by atoms with Gasteiger partial charge < -0.3 is 9.47 Å². The zero-order chi connectivity index (χ0) is 16.3. The van der Waals surface area contributed by atoms with Gasteiger partial charge in [0.1, 0.15) is 6.79 Å². The predicted molar refractivity (Wildman–Crippen MR) is 74.7 cm³/mol. The standard InChI is InChI=1S/C7H14F2O2.C7H16O2/c1-5(2)10-7(8,9)11-6(3)4;1-6(2)8-5-9-7(3)4/h5-6H,1-4H3;6-7H,5H2,1-4H3. The minimum atomic E-state index is -3.46. The number of halogens is 2. The molecule has 0 radical (unpaired) electrons. The highest BCUT2D eigenvalue weighted by atomic mass is 19.3. The smallest absolute Gasteiger partial charge is 0.353 e. The van der Waals surface area contributed by atoms with Crippen molar-refractivity contribution >= 4 is 0 Å². The molecule has 0 saturated carbocycles. The second-order valence-electron chi connectivity index (χ2n) is 5.35. The lowest BCUT2D eigenvalue weighted by Gasteiger charge is -2.20. The van der Waals surface area contributed by atoms with Crippen molar-refractivity contribution in [2.75, 3.05) is 6.79 Å². The van der Waals surface area contributed by atoms with Crippen LogP contribution in [0.25, 0.3) is 0 Å². The fourth-order valence-electron chi connectivity index (χ4n) is 0.888. The maximum Gasteiger partial charge on any atom is 0.485 e. The van der Waals surface area contributed by atoms with Crippen molar-refractivity contribution in [2.45, 2.75) is 86.1 Å². The van der Waals surface area contributed by atoms with Crippen LogP contribution in [-0.2, 0) is 18.9 Å². The van der Waals surface area contributed by atoms with Crippen LogP contribution in [0.5, 0.6) is 0 Å². The van der Waals surface area contributed by atoms with Crippen molar-refractivity contribution in [1.82, 2.24) is 0 Å². The normalized spacial score (nSPS) is 12.3. The summed E-state index contributed by atoms with van der Waals surface area (Å²) in [4.78, 5) is 0. The lowest BCUT2D eigenvalue weighted by Crippen LogP contribution is -2.31. The first kappa shape index (κ1) is 22.0. The Morgan fingerprint density at radius 1 is 0.650 bits per heavy atom. The van der Waals surface area contributed by atoms with Crippen molar-refractivity contribution in [3.05, 3.63) is 0 Å². The minimum Gasteiger partial charge on any atom is -0.353 e. The van der Waals surface area contributed by atoms with Crippen LogP contribution in [0.1, 0.15) is 55.4 Å². The number of alkyl halides is 2. The maximum atomic E-state index is 12.5. The number of ether oxygens (including phenoxy) is 4. The molecule has 0 spiro atoms. The molecule has 0 saturated heterocycles. The second-order valence-corrected chi connectivity index (χ2v) is 5.35. The first-order valence-electron chi connectivity index (χ1n) is 6.93. The van der Waals surface area contributed by atoms with Crippen LogP contribution in [0.15, 0.2) is 0 Å². The lowest BCUT2D eigenvalue weighted by atomic mass is 10.5. The van der Waals surface area contributed by atoms with Crippen molar-refractivity contribution in [1.29, 1.82) is 0 Å². The van der Waals surface area contributed by atoms with Gasteiger partial charge in [0.15, 0.2) is 0 Å². The van der Waals surface area contributed by atoms with E-state index in [-0.39, 0.29) is 12.2 Å². The van der Waals surface area contributed by atoms with E-state index >= 15 is 0 Å². The molecule has 4 nitrogen and oxygen atoms in total. The van der Waals surface area contributed by atoms with Gasteiger partial charge in [0, 0.05) is 0 Å². The van der Waals surface area contributed by atoms with Gasteiger partial charge in [-0.3, -0.25) is 9.47 Å². The molecule has 0 aliphatic rings. The van der Waals surface area contributed by atoms with E-state index in [0.29, 0.717) is 6.79 Å². The summed E-state index contributed by atoms with van der Waals surface area (Å²) in [5.41, 5.74) is 0. The fourth-order valence-corrected chi connectivity index (χ4v) is 0.888. The molecule has 0 atom stereocenters. The van der Waals surface area contributed by atoms with E-state index in [4.69, 9.17) is 9.47 Å². The summed E-state index contributed by atoms with van der Waals surface area (Å²) in [5, 5.41) is 0. The average molecular weight is 300 g/mol. The van der Waals surface area contributed by atoms with E-state index in [1.54, 1.807) is 0 Å². The van der Waals surface area contributed by atoms with Gasteiger partial charge in [-0.05, 0) is 55.4 Å². The zero-order valence-electron chi connectivity index (χ0n) is 13.9. The average Bonchev–Trinajstić information content (AvgIpc) is 2.11. The minimum absolute atomic E-state index is 0.267. The highest BCUT2D eigenvalue weighted by Gasteiger charge is 2.34. The Kier molecular flexibility index (Phi) is 12.5. The third-order valence-electron chi connectivity index (χ3n) is 1.55. The SMILES string of the molecule is CC(C)OC(F)(F)OC(C)C.CC(C)OCOC(C)C. The molecule has 124 valence electrons. The summed E-state index contributed by atoms with van der Waals surface area (Å²) in [7, 11) is 0. The molecule has 0 heterocycles. The van der Waals surface area contributed by atoms with Gasteiger partial charge in [-0.15, -0.1) is 8.78 Å². The molecular formula is C14H30F2O4. The van der Waals surface area contributed by atoms with Gasteiger partial charge in [-0.25, -0.2) is 0 Å². The Morgan fingerprint density at radius 3 is 1.15 bits per heavy atom. The molecule has 0 N–H and O–H groups in total. The Bertz CT molecular complexity index is 199. The Balaban J connectivity index is 0. The molecular weight excluding hydrogens is 270 g/mol. The van der Waals surface area contributed by atoms with Crippen molar-refractivity contribution < 1.29 is 27.7 Å². The van der Waals surface area contributed by atoms with Gasteiger partial charge in [-0.1, -0.05) is 0 Å². The first-order valence-corrected chi connectivity index (χ1v) is 6.93. The summed E-state index contributed by atoms with van der Waals surface area (Å²) in [5.74, 6) is 0. The maximum absolute atomic E-state index is 12.5. The summed E-state index contributed by atoms with van der Waals surface area (Å²) < 4.78 is 43.6. The third-order valence-corrected chi connectivity index (χ3v) is 1.55. The van der Waals surface area contributed by atoms with Crippen molar-refractivity contribution in [3.8, 4) is 0 Å². The molecule has 0 aromatic heterocycles. The molecule has 0 aliphatic carbocycles. The number of hydrogen-bond acceptors (Lipinski definition) is 4. The number of hydrogen-bond donors (Lipinski definition) is 0. The highest BCUT2D eigenvalue weighted by Crippen LogP contribution is 2.20. The second kappa shape index (κ2) is 11.4. The summed E-state index contributed by atoms with van der Waals surface area (Å²) in [6.45, 7) is 14.5. The van der Waals surface area contributed by atoms with Gasteiger partial charge in [-0.2, -0.15) is 0 Å². The molecule has 0 aliphatic heterocycles. The first-order chi connectivity index (χ1) is 8.96. The molecule has 0 amide bonds. The van der Waals surface area contributed by atoms with Crippen LogP contribution in [0.2, 0.25) is 0 Å². The Hall–Kier alpha value is -0.300. The molecule has 20 heavy (non-hydrogen) atoms. The van der Waals surface area contributed by atoms with E-state index in [2.05, 4.69) is 9.47 Å². The monoisotopic (exact) mass is 300 g/mol. The summed E-state index contributed by atoms with van der Waals surface area (Å²) in [6.07, 6.45) is -4.00. The lowest BCUT2D eigenvalue weighted by molar-refractivity contribution is -0.412. The summed E-state index contributed by atoms with van der Waals surface area (Å²) >= 11 is 0. The number of rotatable bonds is 8. The molecule has 0 aromatic carbocycles. The quantitative estimate of drug-likeness (QED) is 0.630. The zero-order valence-corrected chi connectivity index (χ0v) is 13.9.